The summed E-state index contributed by atoms with van der Waals surface area (Å²) in [6, 6.07) is 1.57. The lowest BCUT2D eigenvalue weighted by molar-refractivity contribution is -0.0382. The summed E-state index contributed by atoms with van der Waals surface area (Å²) in [7, 11) is 0. The summed E-state index contributed by atoms with van der Waals surface area (Å²) in [4.78, 5) is 5.97. The Bertz CT molecular complexity index is 389. The van der Waals surface area contributed by atoms with E-state index in [1.807, 2.05) is 13.8 Å². The van der Waals surface area contributed by atoms with Crippen molar-refractivity contribution in [3.8, 4) is 0 Å². The highest BCUT2D eigenvalue weighted by Crippen LogP contribution is 2.37. The van der Waals surface area contributed by atoms with Crippen LogP contribution < -0.4 is 0 Å². The maximum absolute atomic E-state index is 13.9. The zero-order valence-corrected chi connectivity index (χ0v) is 12.4. The second-order valence-electron chi connectivity index (χ2n) is 4.78. The van der Waals surface area contributed by atoms with Crippen LogP contribution in [0, 0.1) is 5.82 Å². The van der Waals surface area contributed by atoms with E-state index in [1.54, 1.807) is 6.07 Å². The number of halogens is 1. The lowest BCUT2D eigenvalue weighted by atomic mass is 9.81. The van der Waals surface area contributed by atoms with Crippen LogP contribution in [0.2, 0.25) is 0 Å². The van der Waals surface area contributed by atoms with Crippen LogP contribution in [0.1, 0.15) is 52.2 Å². The SMILES string of the molecule is CCN(CC)C(CC)(CC)C(O)c1ccncc1F. The number of aromatic nitrogens is 1. The molecule has 4 heteroatoms. The summed E-state index contributed by atoms with van der Waals surface area (Å²) in [6.07, 6.45) is 3.39. The van der Waals surface area contributed by atoms with E-state index in [9.17, 15) is 9.50 Å². The van der Waals surface area contributed by atoms with Gasteiger partial charge in [0.25, 0.3) is 0 Å². The fourth-order valence-electron chi connectivity index (χ4n) is 3.01. The van der Waals surface area contributed by atoms with Gasteiger partial charge in [-0.1, -0.05) is 27.7 Å². The monoisotopic (exact) mass is 268 g/mol. The number of pyridine rings is 1. The molecule has 1 rings (SSSR count). The van der Waals surface area contributed by atoms with Crippen molar-refractivity contribution in [3.05, 3.63) is 29.8 Å². The standard InChI is InChI=1S/C15H25FN2O/c1-5-15(6-2,18(7-3)8-4)14(19)12-9-10-17-11-13(12)16/h9-11,14,19H,5-8H2,1-4H3. The summed E-state index contributed by atoms with van der Waals surface area (Å²) < 4.78 is 13.9. The van der Waals surface area contributed by atoms with Crippen molar-refractivity contribution in [2.45, 2.75) is 52.2 Å². The molecule has 0 aliphatic rings. The fraction of sp³-hybridized carbons (Fsp3) is 0.667. The molecule has 3 nitrogen and oxygen atoms in total. The van der Waals surface area contributed by atoms with Crippen molar-refractivity contribution in [3.63, 3.8) is 0 Å². The van der Waals surface area contributed by atoms with E-state index in [1.165, 1.54) is 6.20 Å². The van der Waals surface area contributed by atoms with E-state index in [4.69, 9.17) is 0 Å². The molecule has 0 bridgehead atoms. The number of aliphatic hydroxyl groups excluding tert-OH is 1. The summed E-state index contributed by atoms with van der Waals surface area (Å²) in [5.41, 5.74) is -0.0864. The lowest BCUT2D eigenvalue weighted by Gasteiger charge is -2.45. The van der Waals surface area contributed by atoms with Gasteiger partial charge < -0.3 is 5.11 Å². The van der Waals surface area contributed by atoms with Crippen molar-refractivity contribution >= 4 is 0 Å². The molecule has 0 radical (unpaired) electrons. The first-order valence-corrected chi connectivity index (χ1v) is 7.09. The van der Waals surface area contributed by atoms with Gasteiger partial charge in [0.15, 0.2) is 0 Å². The second kappa shape index (κ2) is 6.96. The quantitative estimate of drug-likeness (QED) is 0.825. The molecule has 0 fully saturated rings. The highest BCUT2D eigenvalue weighted by atomic mass is 19.1. The first-order chi connectivity index (χ1) is 9.07. The van der Waals surface area contributed by atoms with Crippen LogP contribution in [0.4, 0.5) is 4.39 Å². The molecule has 1 N–H and O–H groups in total. The van der Waals surface area contributed by atoms with Crippen LogP contribution in [0.5, 0.6) is 0 Å². The predicted octanol–water partition coefficient (Wildman–Crippen LogP) is 3.15. The third-order valence-electron chi connectivity index (χ3n) is 4.23. The molecule has 1 aromatic rings. The largest absolute Gasteiger partial charge is 0.386 e. The van der Waals surface area contributed by atoms with Crippen molar-refractivity contribution < 1.29 is 9.50 Å². The minimum atomic E-state index is -0.842. The van der Waals surface area contributed by atoms with Gasteiger partial charge in [0.05, 0.1) is 11.7 Å². The second-order valence-corrected chi connectivity index (χ2v) is 4.78. The number of hydrogen-bond donors (Lipinski definition) is 1. The average Bonchev–Trinajstić information content (AvgIpc) is 2.44. The minimum absolute atomic E-state index is 0.339. The van der Waals surface area contributed by atoms with Crippen LogP contribution in [0.3, 0.4) is 0 Å². The molecule has 1 heterocycles. The van der Waals surface area contributed by atoms with E-state index in [-0.39, 0.29) is 0 Å². The smallest absolute Gasteiger partial charge is 0.147 e. The Morgan fingerprint density at radius 1 is 1.26 bits per heavy atom. The Labute approximate surface area is 115 Å². The summed E-state index contributed by atoms with van der Waals surface area (Å²) >= 11 is 0. The Morgan fingerprint density at radius 3 is 2.26 bits per heavy atom. The van der Waals surface area contributed by atoms with Crippen LogP contribution in [0.25, 0.3) is 0 Å². The average molecular weight is 268 g/mol. The highest BCUT2D eigenvalue weighted by molar-refractivity contribution is 5.20. The van der Waals surface area contributed by atoms with Crippen molar-refractivity contribution in [2.75, 3.05) is 13.1 Å². The Kier molecular flexibility index (Phi) is 5.88. The molecule has 1 aromatic heterocycles. The first-order valence-electron chi connectivity index (χ1n) is 7.09. The fourth-order valence-corrected chi connectivity index (χ4v) is 3.01. The first kappa shape index (κ1) is 16.1. The Balaban J connectivity index is 3.22. The van der Waals surface area contributed by atoms with Crippen LogP contribution in [-0.2, 0) is 0 Å². The molecule has 0 saturated heterocycles. The van der Waals surface area contributed by atoms with Crippen LogP contribution in [-0.4, -0.2) is 33.6 Å². The third kappa shape index (κ3) is 2.95. The van der Waals surface area contributed by atoms with Gasteiger partial charge in [0, 0.05) is 11.8 Å². The van der Waals surface area contributed by atoms with Gasteiger partial charge >= 0.3 is 0 Å². The number of hydrogen-bond acceptors (Lipinski definition) is 3. The predicted molar refractivity (Wildman–Crippen MR) is 75.4 cm³/mol. The summed E-state index contributed by atoms with van der Waals surface area (Å²) in [6.45, 7) is 9.90. The Hall–Kier alpha value is -1.00. The van der Waals surface area contributed by atoms with E-state index in [2.05, 4.69) is 23.7 Å². The molecular formula is C15H25FN2O. The van der Waals surface area contributed by atoms with Gasteiger partial charge in [0.2, 0.25) is 0 Å². The van der Waals surface area contributed by atoms with Crippen molar-refractivity contribution in [1.82, 2.24) is 9.88 Å². The molecule has 0 aliphatic carbocycles. The number of nitrogens with zero attached hydrogens (tertiary/aromatic N) is 2. The van der Waals surface area contributed by atoms with Crippen LogP contribution in [0.15, 0.2) is 18.5 Å². The molecule has 108 valence electrons. The molecule has 0 aromatic carbocycles. The van der Waals surface area contributed by atoms with Crippen molar-refractivity contribution in [1.29, 1.82) is 0 Å². The Morgan fingerprint density at radius 2 is 1.84 bits per heavy atom. The van der Waals surface area contributed by atoms with Gasteiger partial charge in [0.1, 0.15) is 11.9 Å². The maximum Gasteiger partial charge on any atom is 0.147 e. The molecule has 1 atom stereocenters. The number of likely N-dealkylation sites (N-methyl/N-ethyl adjacent to an activating group) is 1. The highest BCUT2D eigenvalue weighted by Gasteiger charge is 2.40. The zero-order valence-electron chi connectivity index (χ0n) is 12.4. The minimum Gasteiger partial charge on any atom is -0.386 e. The molecule has 0 spiro atoms. The van der Waals surface area contributed by atoms with E-state index < -0.39 is 17.5 Å². The topological polar surface area (TPSA) is 36.4 Å². The summed E-state index contributed by atoms with van der Waals surface area (Å²) in [5, 5.41) is 10.7. The van der Waals surface area contributed by atoms with Gasteiger partial charge in [-0.05, 0) is 32.0 Å². The van der Waals surface area contributed by atoms with E-state index in [0.29, 0.717) is 5.56 Å². The van der Waals surface area contributed by atoms with Gasteiger partial charge in [-0.3, -0.25) is 9.88 Å². The zero-order chi connectivity index (χ0) is 14.5. The van der Waals surface area contributed by atoms with Gasteiger partial charge in [-0.15, -0.1) is 0 Å². The molecule has 0 saturated carbocycles. The molecule has 0 amide bonds. The molecule has 0 aliphatic heterocycles. The molecule has 1 unspecified atom stereocenters. The summed E-state index contributed by atoms with van der Waals surface area (Å²) in [5.74, 6) is -0.437. The number of rotatable bonds is 7. The third-order valence-corrected chi connectivity index (χ3v) is 4.23. The lowest BCUT2D eigenvalue weighted by Crippen LogP contribution is -2.52. The van der Waals surface area contributed by atoms with Gasteiger partial charge in [-0.2, -0.15) is 0 Å². The van der Waals surface area contributed by atoms with Crippen molar-refractivity contribution in [2.24, 2.45) is 0 Å². The number of aliphatic hydroxyl groups is 1. The normalized spacial score (nSPS) is 13.8. The van der Waals surface area contributed by atoms with E-state index in [0.717, 1.165) is 32.1 Å². The maximum atomic E-state index is 13.9. The van der Waals surface area contributed by atoms with E-state index >= 15 is 0 Å². The van der Waals surface area contributed by atoms with Crippen LogP contribution >= 0.6 is 0 Å². The molecule has 19 heavy (non-hydrogen) atoms. The molecular weight excluding hydrogens is 243 g/mol. The van der Waals surface area contributed by atoms with Gasteiger partial charge in [-0.25, -0.2) is 4.39 Å².